The quantitative estimate of drug-likeness (QED) is 0.243. The Labute approximate surface area is 218 Å². The summed E-state index contributed by atoms with van der Waals surface area (Å²) in [6.07, 6.45) is 2.41. The zero-order chi connectivity index (χ0) is 25.8. The molecule has 0 spiro atoms. The Kier molecular flexibility index (Phi) is 7.42. The standard InChI is InChI=1S/C30H36N6O/c1-22(34(20-23-10-4-2-5-11-23)21-24-12-6-3-7-13-24)18-26-19-25(16-17-35(26)29(31)32)36-28-15-9-8-14-27(28)33-30(36)37/h2-15,22,25-26H,16-21H2,1H3,(H3,31,32)(H,33,37)/t22-,25?,26?/m0/s1. The van der Waals surface area contributed by atoms with E-state index in [1.54, 1.807) is 0 Å². The fourth-order valence-electron chi connectivity index (χ4n) is 5.79. The molecule has 1 aliphatic heterocycles. The van der Waals surface area contributed by atoms with Crippen molar-refractivity contribution in [3.8, 4) is 0 Å². The largest absolute Gasteiger partial charge is 0.370 e. The summed E-state index contributed by atoms with van der Waals surface area (Å²) < 4.78 is 1.91. The Hall–Kier alpha value is -3.84. The maximum atomic E-state index is 12.9. The predicted molar refractivity (Wildman–Crippen MR) is 149 cm³/mol. The van der Waals surface area contributed by atoms with Gasteiger partial charge in [-0.2, -0.15) is 0 Å². The molecule has 4 N–H and O–H groups in total. The number of benzene rings is 3. The first-order valence-electron chi connectivity index (χ1n) is 13.1. The zero-order valence-corrected chi connectivity index (χ0v) is 21.4. The minimum atomic E-state index is -0.0657. The number of nitrogens with one attached hydrogen (secondary N) is 2. The number of piperidine rings is 1. The van der Waals surface area contributed by atoms with E-state index in [0.29, 0.717) is 6.54 Å². The summed E-state index contributed by atoms with van der Waals surface area (Å²) in [4.78, 5) is 20.4. The first-order valence-corrected chi connectivity index (χ1v) is 13.1. The average molecular weight is 497 g/mol. The molecule has 0 aliphatic carbocycles. The third kappa shape index (κ3) is 5.62. The normalized spacial score (nSPS) is 18.8. The monoisotopic (exact) mass is 496 g/mol. The van der Waals surface area contributed by atoms with Gasteiger partial charge in [0.2, 0.25) is 0 Å². The number of hydrogen-bond acceptors (Lipinski definition) is 3. The van der Waals surface area contributed by atoms with E-state index >= 15 is 0 Å². The molecule has 0 saturated carbocycles. The third-order valence-electron chi connectivity index (χ3n) is 7.68. The van der Waals surface area contributed by atoms with Crippen LogP contribution in [-0.4, -0.2) is 43.9 Å². The number of nitrogens with zero attached hydrogens (tertiary/aromatic N) is 3. The van der Waals surface area contributed by atoms with Gasteiger partial charge in [-0.05, 0) is 49.4 Å². The number of para-hydroxylation sites is 2. The van der Waals surface area contributed by atoms with Crippen LogP contribution in [0.5, 0.6) is 0 Å². The highest BCUT2D eigenvalue weighted by molar-refractivity contribution is 5.76. The Morgan fingerprint density at radius 2 is 1.59 bits per heavy atom. The molecule has 1 saturated heterocycles. The fraction of sp³-hybridized carbons (Fsp3) is 0.333. The average Bonchev–Trinajstić information content (AvgIpc) is 3.25. The summed E-state index contributed by atoms with van der Waals surface area (Å²) in [5.41, 5.74) is 10.4. The molecule has 5 rings (SSSR count). The Morgan fingerprint density at radius 3 is 2.22 bits per heavy atom. The number of aromatic nitrogens is 2. The smallest absolute Gasteiger partial charge is 0.326 e. The topological polar surface area (TPSA) is 94.1 Å². The van der Waals surface area contributed by atoms with Gasteiger partial charge in [-0.25, -0.2) is 4.79 Å². The summed E-state index contributed by atoms with van der Waals surface area (Å²) in [6, 6.07) is 29.4. The molecular formula is C30H36N6O. The van der Waals surface area contributed by atoms with Gasteiger partial charge in [-0.3, -0.25) is 14.9 Å². The SMILES string of the molecule is C[C@@H](CC1CC(n2c(=O)[nH]c3ccccc32)CCN1C(=N)N)N(Cc1ccccc1)Cc1ccccc1. The lowest BCUT2D eigenvalue weighted by Crippen LogP contribution is -2.52. The van der Waals surface area contributed by atoms with E-state index in [1.165, 1.54) is 11.1 Å². The highest BCUT2D eigenvalue weighted by Crippen LogP contribution is 2.31. The molecule has 2 unspecified atom stereocenters. The van der Waals surface area contributed by atoms with Crippen LogP contribution in [0.3, 0.4) is 0 Å². The lowest BCUT2D eigenvalue weighted by atomic mass is 9.91. The van der Waals surface area contributed by atoms with Gasteiger partial charge in [0.15, 0.2) is 5.96 Å². The number of aromatic amines is 1. The maximum Gasteiger partial charge on any atom is 0.326 e. The third-order valence-corrected chi connectivity index (χ3v) is 7.68. The first kappa shape index (κ1) is 24.8. The van der Waals surface area contributed by atoms with Crippen molar-refractivity contribution >= 4 is 17.0 Å². The van der Waals surface area contributed by atoms with E-state index in [2.05, 4.69) is 65.3 Å². The van der Waals surface area contributed by atoms with E-state index in [-0.39, 0.29) is 29.8 Å². The molecule has 3 aromatic carbocycles. The van der Waals surface area contributed by atoms with Crippen LogP contribution in [0.15, 0.2) is 89.7 Å². The van der Waals surface area contributed by atoms with Crippen LogP contribution in [0.25, 0.3) is 11.0 Å². The van der Waals surface area contributed by atoms with Crippen LogP contribution in [0, 0.1) is 5.41 Å². The van der Waals surface area contributed by atoms with Crippen molar-refractivity contribution in [1.82, 2.24) is 19.4 Å². The highest BCUT2D eigenvalue weighted by Gasteiger charge is 2.33. The van der Waals surface area contributed by atoms with Crippen molar-refractivity contribution in [3.05, 3.63) is 107 Å². The molecule has 0 amide bonds. The van der Waals surface area contributed by atoms with Crippen molar-refractivity contribution in [2.45, 2.75) is 57.4 Å². The molecule has 0 radical (unpaired) electrons. The molecule has 4 aromatic rings. The second kappa shape index (κ2) is 11.0. The number of fused-ring (bicyclic) bond motifs is 1. The molecular weight excluding hydrogens is 460 g/mol. The van der Waals surface area contributed by atoms with E-state index in [4.69, 9.17) is 11.1 Å². The van der Waals surface area contributed by atoms with Gasteiger partial charge < -0.3 is 15.6 Å². The zero-order valence-electron chi connectivity index (χ0n) is 21.4. The van der Waals surface area contributed by atoms with Crippen LogP contribution in [-0.2, 0) is 13.1 Å². The van der Waals surface area contributed by atoms with Crippen LogP contribution in [0.2, 0.25) is 0 Å². The van der Waals surface area contributed by atoms with Gasteiger partial charge in [0.1, 0.15) is 0 Å². The van der Waals surface area contributed by atoms with Gasteiger partial charge in [0.25, 0.3) is 0 Å². The second-order valence-corrected chi connectivity index (χ2v) is 10.2. The molecule has 2 heterocycles. The van der Waals surface area contributed by atoms with Gasteiger partial charge in [0.05, 0.1) is 11.0 Å². The summed E-state index contributed by atoms with van der Waals surface area (Å²) in [6.45, 7) is 4.62. The predicted octanol–water partition coefficient (Wildman–Crippen LogP) is 4.71. The summed E-state index contributed by atoms with van der Waals surface area (Å²) in [5.74, 6) is 0.111. The molecule has 0 bridgehead atoms. The van der Waals surface area contributed by atoms with Crippen LogP contribution in [0.4, 0.5) is 0 Å². The van der Waals surface area contributed by atoms with E-state index in [0.717, 1.165) is 43.4 Å². The van der Waals surface area contributed by atoms with Gasteiger partial charge >= 0.3 is 5.69 Å². The van der Waals surface area contributed by atoms with Gasteiger partial charge in [-0.1, -0.05) is 72.8 Å². The Bertz CT molecular complexity index is 1340. The number of imidazole rings is 1. The molecule has 3 atom stereocenters. The van der Waals surface area contributed by atoms with E-state index < -0.39 is 0 Å². The van der Waals surface area contributed by atoms with Gasteiger partial charge in [0, 0.05) is 37.8 Å². The minimum absolute atomic E-state index is 0.0631. The number of nitrogens with two attached hydrogens (primary N) is 1. The van der Waals surface area contributed by atoms with E-state index in [9.17, 15) is 4.79 Å². The second-order valence-electron chi connectivity index (χ2n) is 10.2. The van der Waals surface area contributed by atoms with Gasteiger partial charge in [-0.15, -0.1) is 0 Å². The Morgan fingerprint density at radius 1 is 1.00 bits per heavy atom. The number of H-pyrrole nitrogens is 1. The molecule has 1 aromatic heterocycles. The van der Waals surface area contributed by atoms with Crippen molar-refractivity contribution < 1.29 is 0 Å². The Balaban J connectivity index is 1.39. The molecule has 7 nitrogen and oxygen atoms in total. The highest BCUT2D eigenvalue weighted by atomic mass is 16.1. The van der Waals surface area contributed by atoms with Crippen LogP contribution < -0.4 is 11.4 Å². The summed E-state index contributed by atoms with van der Waals surface area (Å²) >= 11 is 0. The van der Waals surface area contributed by atoms with Crippen molar-refractivity contribution in [2.24, 2.45) is 5.73 Å². The van der Waals surface area contributed by atoms with Crippen LogP contribution >= 0.6 is 0 Å². The van der Waals surface area contributed by atoms with E-state index in [1.807, 2.05) is 45.9 Å². The van der Waals surface area contributed by atoms with Crippen molar-refractivity contribution in [2.75, 3.05) is 6.54 Å². The molecule has 1 fully saturated rings. The van der Waals surface area contributed by atoms with Crippen molar-refractivity contribution in [3.63, 3.8) is 0 Å². The molecule has 7 heteroatoms. The fourth-order valence-corrected chi connectivity index (χ4v) is 5.79. The van der Waals surface area contributed by atoms with Crippen LogP contribution in [0.1, 0.15) is 43.4 Å². The maximum absolute atomic E-state index is 12.9. The number of likely N-dealkylation sites (tertiary alicyclic amines) is 1. The first-order chi connectivity index (χ1) is 18.0. The molecule has 192 valence electrons. The summed E-state index contributed by atoms with van der Waals surface area (Å²) in [5, 5.41) is 8.26. The minimum Gasteiger partial charge on any atom is -0.370 e. The lowest BCUT2D eigenvalue weighted by Gasteiger charge is -2.42. The number of hydrogen-bond donors (Lipinski definition) is 3. The number of guanidine groups is 1. The number of rotatable bonds is 8. The molecule has 37 heavy (non-hydrogen) atoms. The van der Waals surface area contributed by atoms with Crippen molar-refractivity contribution in [1.29, 1.82) is 5.41 Å². The summed E-state index contributed by atoms with van der Waals surface area (Å²) in [7, 11) is 0. The lowest BCUT2D eigenvalue weighted by molar-refractivity contribution is 0.117. The molecule has 1 aliphatic rings.